The van der Waals surface area contributed by atoms with Crippen LogP contribution in [0.15, 0.2) is 54.6 Å². The Bertz CT molecular complexity index is 1080. The molecule has 166 valence electrons. The van der Waals surface area contributed by atoms with Gasteiger partial charge in [0.15, 0.2) is 17.3 Å². The Balaban J connectivity index is 1.32. The molecule has 0 aromatic heterocycles. The van der Waals surface area contributed by atoms with Crippen molar-refractivity contribution in [2.75, 3.05) is 25.5 Å². The molecule has 0 saturated carbocycles. The molecule has 2 aliphatic heterocycles. The number of rotatable bonds is 5. The summed E-state index contributed by atoms with van der Waals surface area (Å²) in [5.74, 6) is -1.32. The molecular formula is C24H24FN3O4. The third kappa shape index (κ3) is 4.49. The largest absolute Gasteiger partial charge is 0.494 e. The molecule has 2 aromatic rings. The summed E-state index contributed by atoms with van der Waals surface area (Å²) in [7, 11) is 1.35. The van der Waals surface area contributed by atoms with E-state index in [1.807, 2.05) is 29.2 Å². The van der Waals surface area contributed by atoms with Crippen molar-refractivity contribution in [3.8, 4) is 5.75 Å². The van der Waals surface area contributed by atoms with Crippen molar-refractivity contribution >= 4 is 23.4 Å². The van der Waals surface area contributed by atoms with Crippen LogP contribution in [0.2, 0.25) is 0 Å². The fourth-order valence-electron chi connectivity index (χ4n) is 4.08. The first-order chi connectivity index (χ1) is 15.5. The topological polar surface area (TPSA) is 79.0 Å². The predicted molar refractivity (Wildman–Crippen MR) is 117 cm³/mol. The van der Waals surface area contributed by atoms with E-state index in [2.05, 4.69) is 5.32 Å². The minimum atomic E-state index is -0.635. The number of benzene rings is 2. The van der Waals surface area contributed by atoms with Crippen molar-refractivity contribution in [1.29, 1.82) is 0 Å². The number of hydrogen-bond donors (Lipinski definition) is 1. The number of fused-ring (bicyclic) bond motifs is 1. The molecule has 0 unspecified atom stereocenters. The second kappa shape index (κ2) is 9.21. The highest BCUT2D eigenvalue weighted by molar-refractivity contribution is 6.07. The average Bonchev–Trinajstić information content (AvgIpc) is 2.82. The normalized spacial score (nSPS) is 16.6. The Labute approximate surface area is 185 Å². The number of nitrogens with zero attached hydrogens (tertiary/aromatic N) is 2. The number of halogens is 1. The van der Waals surface area contributed by atoms with Gasteiger partial charge in [0.1, 0.15) is 0 Å². The second-order valence-corrected chi connectivity index (χ2v) is 7.82. The minimum absolute atomic E-state index is 0.0419. The SMILES string of the molecule is COc1ccc(C(=O)/C=C/C(=O)N2CCC(N3Cc4ccccc4NC3=O)CC2)cc1F. The van der Waals surface area contributed by atoms with Gasteiger partial charge in [-0.05, 0) is 48.7 Å². The van der Waals surface area contributed by atoms with Crippen molar-refractivity contribution < 1.29 is 23.5 Å². The first-order valence-corrected chi connectivity index (χ1v) is 10.5. The molecule has 1 saturated heterocycles. The molecule has 0 spiro atoms. The Hall–Kier alpha value is -3.68. The molecule has 3 amide bonds. The van der Waals surface area contributed by atoms with E-state index in [1.54, 1.807) is 4.90 Å². The predicted octanol–water partition coefficient (Wildman–Crippen LogP) is 3.61. The molecule has 7 nitrogen and oxygen atoms in total. The molecule has 0 atom stereocenters. The number of allylic oxidation sites excluding steroid dienone is 1. The molecule has 0 radical (unpaired) electrons. The minimum Gasteiger partial charge on any atom is -0.494 e. The fraction of sp³-hybridized carbons (Fsp3) is 0.292. The Morgan fingerprint density at radius 1 is 1.12 bits per heavy atom. The fourth-order valence-corrected chi connectivity index (χ4v) is 4.08. The zero-order valence-corrected chi connectivity index (χ0v) is 17.7. The third-order valence-electron chi connectivity index (χ3n) is 5.89. The number of anilines is 1. The average molecular weight is 437 g/mol. The van der Waals surface area contributed by atoms with Gasteiger partial charge in [0, 0.05) is 43.0 Å². The second-order valence-electron chi connectivity index (χ2n) is 7.82. The number of urea groups is 1. The number of carbonyl (C=O) groups excluding carboxylic acids is 3. The molecule has 0 aliphatic carbocycles. The van der Waals surface area contributed by atoms with E-state index in [0.717, 1.165) is 23.4 Å². The monoisotopic (exact) mass is 437 g/mol. The number of ketones is 1. The molecular weight excluding hydrogens is 413 g/mol. The first kappa shape index (κ1) is 21.5. The van der Waals surface area contributed by atoms with Gasteiger partial charge in [-0.15, -0.1) is 0 Å². The number of amides is 3. The van der Waals surface area contributed by atoms with Crippen LogP contribution in [0.25, 0.3) is 0 Å². The van der Waals surface area contributed by atoms with E-state index in [0.29, 0.717) is 32.5 Å². The molecule has 8 heteroatoms. The van der Waals surface area contributed by atoms with E-state index in [1.165, 1.54) is 25.3 Å². The van der Waals surface area contributed by atoms with E-state index in [-0.39, 0.29) is 29.3 Å². The van der Waals surface area contributed by atoms with Gasteiger partial charge in [-0.2, -0.15) is 0 Å². The number of methoxy groups -OCH3 is 1. The molecule has 2 heterocycles. The highest BCUT2D eigenvalue weighted by Gasteiger charge is 2.32. The summed E-state index contributed by atoms with van der Waals surface area (Å²) in [5, 5.41) is 2.92. The van der Waals surface area contributed by atoms with Crippen LogP contribution >= 0.6 is 0 Å². The highest BCUT2D eigenvalue weighted by atomic mass is 19.1. The Morgan fingerprint density at radius 3 is 2.59 bits per heavy atom. The number of para-hydroxylation sites is 1. The van der Waals surface area contributed by atoms with Crippen LogP contribution in [-0.2, 0) is 11.3 Å². The zero-order valence-electron chi connectivity index (χ0n) is 17.7. The van der Waals surface area contributed by atoms with Gasteiger partial charge in [0.2, 0.25) is 5.91 Å². The number of carbonyl (C=O) groups is 3. The van der Waals surface area contributed by atoms with E-state index in [4.69, 9.17) is 4.74 Å². The molecule has 0 bridgehead atoms. The van der Waals surface area contributed by atoms with Crippen LogP contribution in [-0.4, -0.2) is 53.8 Å². The standard InChI is InChI=1S/C24H24FN3O4/c1-32-22-8-6-16(14-19(22)25)21(29)7-9-23(30)27-12-10-18(11-13-27)28-15-17-4-2-3-5-20(17)26-24(28)31/h2-9,14,18H,10-13,15H2,1H3,(H,26,31)/b9-7+. The third-order valence-corrected chi connectivity index (χ3v) is 5.89. The summed E-state index contributed by atoms with van der Waals surface area (Å²) >= 11 is 0. The number of nitrogens with one attached hydrogen (secondary N) is 1. The van der Waals surface area contributed by atoms with E-state index >= 15 is 0 Å². The van der Waals surface area contributed by atoms with E-state index in [9.17, 15) is 18.8 Å². The van der Waals surface area contributed by atoms with Gasteiger partial charge in [-0.1, -0.05) is 18.2 Å². The summed E-state index contributed by atoms with van der Waals surface area (Å²) in [5.41, 5.74) is 2.05. The van der Waals surface area contributed by atoms with Crippen LogP contribution in [0.4, 0.5) is 14.9 Å². The van der Waals surface area contributed by atoms with Crippen LogP contribution in [0.1, 0.15) is 28.8 Å². The van der Waals surface area contributed by atoms with Crippen molar-refractivity contribution in [3.63, 3.8) is 0 Å². The zero-order chi connectivity index (χ0) is 22.7. The summed E-state index contributed by atoms with van der Waals surface area (Å²) in [4.78, 5) is 40.8. The van der Waals surface area contributed by atoms with Gasteiger partial charge >= 0.3 is 6.03 Å². The van der Waals surface area contributed by atoms with Crippen LogP contribution in [0, 0.1) is 5.82 Å². The Kier molecular flexibility index (Phi) is 6.20. The van der Waals surface area contributed by atoms with Crippen molar-refractivity contribution in [2.45, 2.75) is 25.4 Å². The van der Waals surface area contributed by atoms with Crippen LogP contribution in [0.5, 0.6) is 5.75 Å². The highest BCUT2D eigenvalue weighted by Crippen LogP contribution is 2.27. The molecule has 4 rings (SSSR count). The maximum atomic E-state index is 13.8. The van der Waals surface area contributed by atoms with Crippen molar-refractivity contribution in [3.05, 3.63) is 71.6 Å². The Morgan fingerprint density at radius 2 is 1.88 bits per heavy atom. The van der Waals surface area contributed by atoms with Crippen molar-refractivity contribution in [1.82, 2.24) is 9.80 Å². The molecule has 32 heavy (non-hydrogen) atoms. The number of hydrogen-bond acceptors (Lipinski definition) is 4. The molecule has 2 aromatic carbocycles. The van der Waals surface area contributed by atoms with Gasteiger partial charge in [0.05, 0.1) is 7.11 Å². The summed E-state index contributed by atoms with van der Waals surface area (Å²) < 4.78 is 18.6. The number of likely N-dealkylation sites (tertiary alicyclic amines) is 1. The van der Waals surface area contributed by atoms with Gasteiger partial charge < -0.3 is 19.9 Å². The first-order valence-electron chi connectivity index (χ1n) is 10.5. The lowest BCUT2D eigenvalue weighted by Crippen LogP contribution is -2.50. The van der Waals surface area contributed by atoms with Gasteiger partial charge in [0.25, 0.3) is 0 Å². The molecule has 1 fully saturated rings. The van der Waals surface area contributed by atoms with Gasteiger partial charge in [-0.25, -0.2) is 9.18 Å². The lowest BCUT2D eigenvalue weighted by atomic mass is 10.0. The van der Waals surface area contributed by atoms with Gasteiger partial charge in [-0.3, -0.25) is 9.59 Å². The maximum absolute atomic E-state index is 13.8. The van der Waals surface area contributed by atoms with Crippen LogP contribution in [0.3, 0.4) is 0 Å². The van der Waals surface area contributed by atoms with Crippen LogP contribution < -0.4 is 10.1 Å². The lowest BCUT2D eigenvalue weighted by Gasteiger charge is -2.40. The number of ether oxygens (including phenoxy) is 1. The quantitative estimate of drug-likeness (QED) is 0.573. The lowest BCUT2D eigenvalue weighted by molar-refractivity contribution is -0.127. The molecule has 2 aliphatic rings. The summed E-state index contributed by atoms with van der Waals surface area (Å²) in [6, 6.07) is 11.6. The van der Waals surface area contributed by atoms with Crippen molar-refractivity contribution in [2.24, 2.45) is 0 Å². The smallest absolute Gasteiger partial charge is 0.322 e. The maximum Gasteiger partial charge on any atom is 0.322 e. The van der Waals surface area contributed by atoms with E-state index < -0.39 is 11.6 Å². The summed E-state index contributed by atoms with van der Waals surface area (Å²) in [6.45, 7) is 1.53. The molecule has 1 N–H and O–H groups in total. The summed E-state index contributed by atoms with van der Waals surface area (Å²) in [6.07, 6.45) is 3.69. The number of piperidine rings is 1.